The van der Waals surface area contributed by atoms with Crippen molar-refractivity contribution in [3.05, 3.63) is 58.6 Å². The zero-order chi connectivity index (χ0) is 21.8. The van der Waals surface area contributed by atoms with Gasteiger partial charge in [0.1, 0.15) is 6.04 Å². The molecule has 1 N–H and O–H groups in total. The summed E-state index contributed by atoms with van der Waals surface area (Å²) in [5, 5.41) is 2.82. The van der Waals surface area contributed by atoms with E-state index in [1.165, 1.54) is 25.1 Å². The van der Waals surface area contributed by atoms with Crippen LogP contribution in [0.25, 0.3) is 0 Å². The molecule has 0 aliphatic rings. The van der Waals surface area contributed by atoms with E-state index in [4.69, 9.17) is 16.3 Å². The number of hydrogen-bond acceptors (Lipinski definition) is 5. The molecule has 0 aromatic heterocycles. The number of sulfonamides is 1. The molecule has 0 radical (unpaired) electrons. The van der Waals surface area contributed by atoms with Crippen LogP contribution in [0.2, 0.25) is 5.02 Å². The quantitative estimate of drug-likeness (QED) is 0.666. The van der Waals surface area contributed by atoms with E-state index in [1.54, 1.807) is 31.2 Å². The summed E-state index contributed by atoms with van der Waals surface area (Å²) in [6.07, 6.45) is 1.04. The van der Waals surface area contributed by atoms with Crippen LogP contribution in [0.5, 0.6) is 0 Å². The lowest BCUT2D eigenvalue weighted by Crippen LogP contribution is -2.45. The van der Waals surface area contributed by atoms with Crippen molar-refractivity contribution in [2.24, 2.45) is 0 Å². The van der Waals surface area contributed by atoms with Crippen molar-refractivity contribution in [2.45, 2.75) is 26.8 Å². The highest BCUT2D eigenvalue weighted by molar-refractivity contribution is 7.92. The number of halogens is 1. The summed E-state index contributed by atoms with van der Waals surface area (Å²) in [5.41, 5.74) is 1.75. The first-order valence-electron chi connectivity index (χ1n) is 8.88. The highest BCUT2D eigenvalue weighted by atomic mass is 35.5. The summed E-state index contributed by atoms with van der Waals surface area (Å²) in [4.78, 5) is 24.7. The predicted octanol–water partition coefficient (Wildman–Crippen LogP) is 3.62. The summed E-state index contributed by atoms with van der Waals surface area (Å²) in [5.74, 6) is -1.17. The van der Waals surface area contributed by atoms with Crippen LogP contribution < -0.4 is 9.62 Å². The molecule has 0 saturated carbocycles. The second kappa shape index (κ2) is 9.28. The fourth-order valence-corrected chi connectivity index (χ4v) is 4.09. The third-order valence-electron chi connectivity index (χ3n) is 4.11. The molecule has 1 amide bonds. The smallest absolute Gasteiger partial charge is 0.339 e. The van der Waals surface area contributed by atoms with Crippen LogP contribution >= 0.6 is 11.6 Å². The molecule has 29 heavy (non-hydrogen) atoms. The van der Waals surface area contributed by atoms with E-state index in [9.17, 15) is 18.0 Å². The van der Waals surface area contributed by atoms with Gasteiger partial charge in [-0.05, 0) is 51.1 Å². The van der Waals surface area contributed by atoms with Gasteiger partial charge in [0.2, 0.25) is 15.9 Å². The highest BCUT2D eigenvalue weighted by Gasteiger charge is 2.29. The van der Waals surface area contributed by atoms with Crippen molar-refractivity contribution in [2.75, 3.05) is 22.5 Å². The summed E-state index contributed by atoms with van der Waals surface area (Å²) < 4.78 is 30.7. The standard InChI is InChI=1S/C20H23ClN2O5S/c1-5-28-20(25)17-12-15(8-11-18(17)21)22-19(24)14(3)23(29(4,26)27)16-9-6-13(2)7-10-16/h6-12,14H,5H2,1-4H3,(H,22,24). The Kier molecular flexibility index (Phi) is 7.26. The normalized spacial score (nSPS) is 12.2. The van der Waals surface area contributed by atoms with Crippen molar-refractivity contribution in [3.63, 3.8) is 0 Å². The average molecular weight is 439 g/mol. The van der Waals surface area contributed by atoms with Crippen molar-refractivity contribution in [3.8, 4) is 0 Å². The van der Waals surface area contributed by atoms with Crippen molar-refractivity contribution in [1.29, 1.82) is 0 Å². The number of anilines is 2. The third-order valence-corrected chi connectivity index (χ3v) is 5.68. The van der Waals surface area contributed by atoms with Gasteiger partial charge in [-0.1, -0.05) is 29.3 Å². The fourth-order valence-electron chi connectivity index (χ4n) is 2.72. The van der Waals surface area contributed by atoms with Crippen molar-refractivity contribution in [1.82, 2.24) is 0 Å². The zero-order valence-electron chi connectivity index (χ0n) is 16.6. The molecule has 2 rings (SSSR count). The second-order valence-electron chi connectivity index (χ2n) is 6.47. The minimum absolute atomic E-state index is 0.109. The third kappa shape index (κ3) is 5.71. The number of carbonyl (C=O) groups is 2. The number of amides is 1. The van der Waals surface area contributed by atoms with E-state index in [-0.39, 0.29) is 17.2 Å². The number of nitrogens with zero attached hydrogens (tertiary/aromatic N) is 1. The molecule has 1 unspecified atom stereocenters. The molecular weight excluding hydrogens is 416 g/mol. The lowest BCUT2D eigenvalue weighted by molar-refractivity contribution is -0.116. The van der Waals surface area contributed by atoms with E-state index in [0.717, 1.165) is 16.1 Å². The summed E-state index contributed by atoms with van der Waals surface area (Å²) in [6.45, 7) is 5.22. The Labute approximate surface area is 175 Å². The number of esters is 1. The summed E-state index contributed by atoms with van der Waals surface area (Å²) in [6, 6.07) is 10.2. The van der Waals surface area contributed by atoms with Gasteiger partial charge in [0.05, 0.1) is 29.1 Å². The number of rotatable bonds is 7. The number of hydrogen-bond donors (Lipinski definition) is 1. The molecule has 0 bridgehead atoms. The van der Waals surface area contributed by atoms with Gasteiger partial charge in [-0.3, -0.25) is 9.10 Å². The molecule has 0 saturated heterocycles. The molecule has 2 aromatic rings. The van der Waals surface area contributed by atoms with Gasteiger partial charge in [0.25, 0.3) is 0 Å². The van der Waals surface area contributed by atoms with Crippen LogP contribution in [-0.2, 0) is 19.6 Å². The van der Waals surface area contributed by atoms with Gasteiger partial charge in [0, 0.05) is 5.69 Å². The van der Waals surface area contributed by atoms with E-state index in [0.29, 0.717) is 11.4 Å². The minimum atomic E-state index is -3.73. The van der Waals surface area contributed by atoms with Gasteiger partial charge in [-0.15, -0.1) is 0 Å². The Morgan fingerprint density at radius 3 is 2.34 bits per heavy atom. The predicted molar refractivity (Wildman–Crippen MR) is 114 cm³/mol. The average Bonchev–Trinajstić information content (AvgIpc) is 2.64. The van der Waals surface area contributed by atoms with Gasteiger partial charge in [-0.25, -0.2) is 13.2 Å². The topological polar surface area (TPSA) is 92.8 Å². The molecule has 0 heterocycles. The monoisotopic (exact) mass is 438 g/mol. The Hall–Kier alpha value is -2.58. The first-order valence-corrected chi connectivity index (χ1v) is 11.1. The van der Waals surface area contributed by atoms with Gasteiger partial charge in [-0.2, -0.15) is 0 Å². The lowest BCUT2D eigenvalue weighted by atomic mass is 10.2. The molecule has 0 aliphatic carbocycles. The molecule has 9 heteroatoms. The molecule has 0 spiro atoms. The maximum atomic E-state index is 12.8. The molecule has 2 aromatic carbocycles. The van der Waals surface area contributed by atoms with E-state index < -0.39 is 27.9 Å². The first kappa shape index (κ1) is 22.7. The Morgan fingerprint density at radius 2 is 1.79 bits per heavy atom. The Balaban J connectivity index is 2.29. The van der Waals surface area contributed by atoms with Crippen LogP contribution in [-0.4, -0.2) is 39.2 Å². The van der Waals surface area contributed by atoms with E-state index >= 15 is 0 Å². The van der Waals surface area contributed by atoms with E-state index in [2.05, 4.69) is 5.32 Å². The number of nitrogens with one attached hydrogen (secondary N) is 1. The fraction of sp³-hybridized carbons (Fsp3) is 0.300. The molecule has 156 valence electrons. The maximum Gasteiger partial charge on any atom is 0.339 e. The Morgan fingerprint density at radius 1 is 1.17 bits per heavy atom. The van der Waals surface area contributed by atoms with Crippen LogP contribution in [0.4, 0.5) is 11.4 Å². The first-order chi connectivity index (χ1) is 13.5. The van der Waals surface area contributed by atoms with Crippen molar-refractivity contribution < 1.29 is 22.7 Å². The number of ether oxygens (including phenoxy) is 1. The molecule has 1 atom stereocenters. The van der Waals surface area contributed by atoms with Gasteiger partial charge < -0.3 is 10.1 Å². The van der Waals surface area contributed by atoms with E-state index in [1.807, 2.05) is 6.92 Å². The minimum Gasteiger partial charge on any atom is -0.462 e. The largest absolute Gasteiger partial charge is 0.462 e. The van der Waals surface area contributed by atoms with Crippen molar-refractivity contribution >= 4 is 44.9 Å². The highest BCUT2D eigenvalue weighted by Crippen LogP contribution is 2.24. The molecule has 7 nitrogen and oxygen atoms in total. The number of carbonyl (C=O) groups excluding carboxylic acids is 2. The zero-order valence-corrected chi connectivity index (χ0v) is 18.2. The van der Waals surface area contributed by atoms with Crippen LogP contribution in [0, 0.1) is 6.92 Å². The van der Waals surface area contributed by atoms with Gasteiger partial charge in [0.15, 0.2) is 0 Å². The van der Waals surface area contributed by atoms with Gasteiger partial charge >= 0.3 is 5.97 Å². The maximum absolute atomic E-state index is 12.8. The SMILES string of the molecule is CCOC(=O)c1cc(NC(=O)C(C)N(c2ccc(C)cc2)S(C)(=O)=O)ccc1Cl. The molecule has 0 fully saturated rings. The van der Waals surface area contributed by atoms with Crippen LogP contribution in [0.3, 0.4) is 0 Å². The second-order valence-corrected chi connectivity index (χ2v) is 8.74. The number of aryl methyl sites for hydroxylation is 1. The summed E-state index contributed by atoms with van der Waals surface area (Å²) in [7, 11) is -3.73. The Bertz CT molecular complexity index is 1010. The number of benzene rings is 2. The van der Waals surface area contributed by atoms with Crippen LogP contribution in [0.15, 0.2) is 42.5 Å². The summed E-state index contributed by atoms with van der Waals surface area (Å²) >= 11 is 6.03. The molecule has 0 aliphatic heterocycles. The lowest BCUT2D eigenvalue weighted by Gasteiger charge is -2.28. The molecular formula is C20H23ClN2O5S. The van der Waals surface area contributed by atoms with Crippen LogP contribution in [0.1, 0.15) is 29.8 Å².